The molecule has 0 amide bonds. The van der Waals surface area contributed by atoms with Gasteiger partial charge in [-0.3, -0.25) is 9.88 Å². The van der Waals surface area contributed by atoms with Gasteiger partial charge in [-0.1, -0.05) is 0 Å². The van der Waals surface area contributed by atoms with E-state index in [-0.39, 0.29) is 18.8 Å². The normalized spacial score (nSPS) is 19.8. The Morgan fingerprint density at radius 3 is 2.44 bits per heavy atom. The number of rotatable bonds is 2. The number of aromatic nitrogens is 1. The van der Waals surface area contributed by atoms with E-state index >= 15 is 0 Å². The van der Waals surface area contributed by atoms with Crippen LogP contribution in [0.3, 0.4) is 0 Å². The van der Waals surface area contributed by atoms with Gasteiger partial charge in [0.2, 0.25) is 0 Å². The van der Waals surface area contributed by atoms with E-state index in [1.807, 2.05) is 0 Å². The van der Waals surface area contributed by atoms with Crippen molar-refractivity contribution in [3.05, 3.63) is 28.5 Å². The van der Waals surface area contributed by atoms with E-state index in [0.717, 1.165) is 0 Å². The number of hydrogen-bond acceptors (Lipinski definition) is 3. The summed E-state index contributed by atoms with van der Waals surface area (Å²) in [4.78, 5) is 5.23. The molecule has 3 nitrogen and oxygen atoms in total. The minimum atomic E-state index is -4.34. The number of pyridine rings is 1. The van der Waals surface area contributed by atoms with Gasteiger partial charge in [0.25, 0.3) is 0 Å². The summed E-state index contributed by atoms with van der Waals surface area (Å²) in [6.45, 7) is 1.18. The Labute approximate surface area is 111 Å². The van der Waals surface area contributed by atoms with E-state index in [2.05, 4.69) is 20.9 Å². The van der Waals surface area contributed by atoms with E-state index in [1.165, 1.54) is 17.2 Å². The van der Waals surface area contributed by atoms with Gasteiger partial charge in [0, 0.05) is 23.8 Å². The maximum atomic E-state index is 13.2. The molecule has 0 saturated carbocycles. The second kappa shape index (κ2) is 5.54. The van der Waals surface area contributed by atoms with Gasteiger partial charge in [-0.2, -0.15) is 13.2 Å². The third kappa shape index (κ3) is 3.21. The Hall–Kier alpha value is -0.660. The summed E-state index contributed by atoms with van der Waals surface area (Å²) in [5, 5.41) is 0. The van der Waals surface area contributed by atoms with Crippen LogP contribution in [-0.4, -0.2) is 42.4 Å². The highest BCUT2D eigenvalue weighted by molar-refractivity contribution is 9.10. The minimum absolute atomic E-state index is 0.0209. The molecule has 1 atom stereocenters. The third-order valence-electron chi connectivity index (χ3n) is 2.75. The Morgan fingerprint density at radius 2 is 1.94 bits per heavy atom. The van der Waals surface area contributed by atoms with E-state index in [1.54, 1.807) is 6.07 Å². The van der Waals surface area contributed by atoms with Crippen LogP contribution in [0, 0.1) is 0 Å². The largest absolute Gasteiger partial charge is 0.409 e. The lowest BCUT2D eigenvalue weighted by molar-refractivity contribution is -0.195. The molecule has 1 fully saturated rings. The number of morpholine rings is 1. The molecule has 0 bridgehead atoms. The molecule has 100 valence electrons. The summed E-state index contributed by atoms with van der Waals surface area (Å²) in [5.74, 6) is 0. The number of nitrogens with zero attached hydrogens (tertiary/aromatic N) is 2. The molecule has 0 N–H and O–H groups in total. The second-order valence-corrected chi connectivity index (χ2v) is 4.91. The summed E-state index contributed by atoms with van der Waals surface area (Å²) in [6.07, 6.45) is -2.95. The first-order valence-corrected chi connectivity index (χ1v) is 6.28. The van der Waals surface area contributed by atoms with Crippen molar-refractivity contribution in [2.24, 2.45) is 0 Å². The zero-order chi connectivity index (χ0) is 13.2. The smallest absolute Gasteiger partial charge is 0.379 e. The fourth-order valence-electron chi connectivity index (χ4n) is 1.95. The molecule has 0 radical (unpaired) electrons. The SMILES string of the molecule is FC(F)(F)C(c1ccc(Br)cn1)N1CCOCC1. The predicted octanol–water partition coefficient (Wildman–Crippen LogP) is 2.78. The fourth-order valence-corrected chi connectivity index (χ4v) is 2.18. The van der Waals surface area contributed by atoms with Gasteiger partial charge >= 0.3 is 6.18 Å². The zero-order valence-corrected chi connectivity index (χ0v) is 11.0. The zero-order valence-electron chi connectivity index (χ0n) is 9.45. The summed E-state index contributed by atoms with van der Waals surface area (Å²) in [5.41, 5.74) is 0.0209. The number of ether oxygens (including phenoxy) is 1. The van der Waals surface area contributed by atoms with Crippen molar-refractivity contribution in [1.82, 2.24) is 9.88 Å². The molecule has 7 heteroatoms. The standard InChI is InChI=1S/C11H12BrF3N2O/c12-8-1-2-9(16-7-8)10(11(13,14)15)17-3-5-18-6-4-17/h1-2,7,10H,3-6H2. The van der Waals surface area contributed by atoms with Crippen molar-refractivity contribution in [2.75, 3.05) is 26.3 Å². The van der Waals surface area contributed by atoms with Crippen molar-refractivity contribution >= 4 is 15.9 Å². The molecule has 1 saturated heterocycles. The van der Waals surface area contributed by atoms with Gasteiger partial charge in [-0.25, -0.2) is 0 Å². The number of hydrogen-bond donors (Lipinski definition) is 0. The van der Waals surface area contributed by atoms with Crippen molar-refractivity contribution in [1.29, 1.82) is 0 Å². The van der Waals surface area contributed by atoms with Gasteiger partial charge in [0.05, 0.1) is 18.9 Å². The molecule has 2 heterocycles. The van der Waals surface area contributed by atoms with Gasteiger partial charge in [-0.15, -0.1) is 0 Å². The van der Waals surface area contributed by atoms with Crippen molar-refractivity contribution in [3.63, 3.8) is 0 Å². The van der Waals surface area contributed by atoms with Crippen molar-refractivity contribution in [3.8, 4) is 0 Å². The van der Waals surface area contributed by atoms with E-state index in [0.29, 0.717) is 17.7 Å². The average Bonchev–Trinajstić information content (AvgIpc) is 2.32. The number of alkyl halides is 3. The van der Waals surface area contributed by atoms with Gasteiger partial charge < -0.3 is 4.74 Å². The summed E-state index contributed by atoms with van der Waals surface area (Å²) >= 11 is 3.16. The van der Waals surface area contributed by atoms with Crippen LogP contribution >= 0.6 is 15.9 Å². The van der Waals surface area contributed by atoms with Crippen LogP contribution in [0.2, 0.25) is 0 Å². The lowest BCUT2D eigenvalue weighted by Crippen LogP contribution is -2.45. The highest BCUT2D eigenvalue weighted by Crippen LogP contribution is 2.37. The van der Waals surface area contributed by atoms with Crippen LogP contribution in [-0.2, 0) is 4.74 Å². The Kier molecular flexibility index (Phi) is 4.24. The molecule has 0 aliphatic carbocycles. The van der Waals surface area contributed by atoms with E-state index < -0.39 is 12.2 Å². The highest BCUT2D eigenvalue weighted by Gasteiger charge is 2.45. The van der Waals surface area contributed by atoms with Crippen LogP contribution in [0.4, 0.5) is 13.2 Å². The van der Waals surface area contributed by atoms with E-state index in [4.69, 9.17) is 4.74 Å². The lowest BCUT2D eigenvalue weighted by Gasteiger charge is -2.35. The summed E-state index contributed by atoms with van der Waals surface area (Å²) in [6, 6.07) is 1.31. The Balaban J connectivity index is 2.27. The fraction of sp³-hybridized carbons (Fsp3) is 0.545. The van der Waals surface area contributed by atoms with Gasteiger partial charge in [0.15, 0.2) is 0 Å². The van der Waals surface area contributed by atoms with Crippen LogP contribution in [0.25, 0.3) is 0 Å². The van der Waals surface area contributed by atoms with Crippen molar-refractivity contribution in [2.45, 2.75) is 12.2 Å². The van der Waals surface area contributed by atoms with Crippen LogP contribution < -0.4 is 0 Å². The molecular weight excluding hydrogens is 313 g/mol. The minimum Gasteiger partial charge on any atom is -0.379 e. The van der Waals surface area contributed by atoms with Crippen LogP contribution in [0.5, 0.6) is 0 Å². The highest BCUT2D eigenvalue weighted by atomic mass is 79.9. The molecule has 1 aromatic heterocycles. The molecule has 0 aromatic carbocycles. The van der Waals surface area contributed by atoms with Crippen LogP contribution in [0.1, 0.15) is 11.7 Å². The first kappa shape index (κ1) is 13.8. The summed E-state index contributed by atoms with van der Waals surface area (Å²) < 4.78 is 45.2. The maximum Gasteiger partial charge on any atom is 0.409 e. The summed E-state index contributed by atoms with van der Waals surface area (Å²) in [7, 11) is 0. The predicted molar refractivity (Wildman–Crippen MR) is 63.1 cm³/mol. The number of halogens is 4. The van der Waals surface area contributed by atoms with E-state index in [9.17, 15) is 13.2 Å². The molecule has 0 spiro atoms. The molecule has 1 aliphatic heterocycles. The van der Waals surface area contributed by atoms with Crippen molar-refractivity contribution < 1.29 is 17.9 Å². The molecule has 2 rings (SSSR count). The maximum absolute atomic E-state index is 13.2. The first-order valence-electron chi connectivity index (χ1n) is 5.48. The average molecular weight is 325 g/mol. The Bertz CT molecular complexity index is 390. The second-order valence-electron chi connectivity index (χ2n) is 3.99. The monoisotopic (exact) mass is 324 g/mol. The van der Waals surface area contributed by atoms with Crippen LogP contribution in [0.15, 0.2) is 22.8 Å². The molecule has 1 unspecified atom stereocenters. The lowest BCUT2D eigenvalue weighted by atomic mass is 10.1. The third-order valence-corrected chi connectivity index (χ3v) is 3.22. The Morgan fingerprint density at radius 1 is 1.28 bits per heavy atom. The quantitative estimate of drug-likeness (QED) is 0.836. The molecular formula is C11H12BrF3N2O. The van der Waals surface area contributed by atoms with Gasteiger partial charge in [0.1, 0.15) is 6.04 Å². The topological polar surface area (TPSA) is 25.4 Å². The first-order chi connectivity index (χ1) is 8.48. The molecule has 1 aromatic rings. The molecule has 1 aliphatic rings. The van der Waals surface area contributed by atoms with Gasteiger partial charge in [-0.05, 0) is 28.1 Å². The molecule has 18 heavy (non-hydrogen) atoms.